The summed E-state index contributed by atoms with van der Waals surface area (Å²) in [5, 5.41) is 13.2. The minimum atomic E-state index is -2.92. The van der Waals surface area contributed by atoms with Crippen LogP contribution in [0.15, 0.2) is 48.1 Å². The van der Waals surface area contributed by atoms with Crippen LogP contribution in [0.4, 0.5) is 16.8 Å². The number of anilines is 3. The van der Waals surface area contributed by atoms with Gasteiger partial charge in [-0.15, -0.1) is 11.3 Å². The van der Waals surface area contributed by atoms with E-state index < -0.39 is 9.84 Å². The van der Waals surface area contributed by atoms with Crippen LogP contribution in [0.2, 0.25) is 0 Å². The van der Waals surface area contributed by atoms with Crippen LogP contribution in [0.1, 0.15) is 5.69 Å². The van der Waals surface area contributed by atoms with Crippen LogP contribution in [-0.2, 0) is 9.84 Å². The Bertz CT molecular complexity index is 1350. The van der Waals surface area contributed by atoms with Crippen molar-refractivity contribution < 1.29 is 8.42 Å². The van der Waals surface area contributed by atoms with E-state index in [4.69, 9.17) is 0 Å². The lowest BCUT2D eigenvalue weighted by Crippen LogP contribution is -2.40. The normalized spacial score (nSPS) is 15.6. The molecule has 0 saturated carbocycles. The zero-order chi connectivity index (χ0) is 22.1. The van der Waals surface area contributed by atoms with Crippen molar-refractivity contribution in [2.45, 2.75) is 6.92 Å². The maximum absolute atomic E-state index is 11.8. The molecule has 0 spiro atoms. The van der Waals surface area contributed by atoms with Crippen LogP contribution < -0.4 is 10.2 Å². The number of benzene rings is 1. The van der Waals surface area contributed by atoms with E-state index in [0.29, 0.717) is 24.2 Å². The highest BCUT2D eigenvalue weighted by Gasteiger charge is 2.22. The van der Waals surface area contributed by atoms with E-state index in [-0.39, 0.29) is 11.5 Å². The lowest BCUT2D eigenvalue weighted by molar-refractivity contribution is 0.587. The molecule has 0 bridgehead atoms. The molecule has 4 aromatic rings. The van der Waals surface area contributed by atoms with Gasteiger partial charge >= 0.3 is 0 Å². The van der Waals surface area contributed by atoms with Crippen LogP contribution in [0.5, 0.6) is 0 Å². The molecule has 0 atom stereocenters. The maximum Gasteiger partial charge on any atom is 0.229 e. The van der Waals surface area contributed by atoms with Crippen LogP contribution in [0.25, 0.3) is 22.5 Å². The van der Waals surface area contributed by atoms with E-state index in [0.717, 1.165) is 33.9 Å². The summed E-state index contributed by atoms with van der Waals surface area (Å²) < 4.78 is 23.5. The third-order valence-corrected chi connectivity index (χ3v) is 7.63. The van der Waals surface area contributed by atoms with E-state index in [1.54, 1.807) is 6.20 Å². The van der Waals surface area contributed by atoms with Gasteiger partial charge in [0, 0.05) is 53.4 Å². The molecule has 3 aromatic heterocycles. The Balaban J connectivity index is 1.39. The first-order valence-corrected chi connectivity index (χ1v) is 12.8. The molecule has 5 rings (SSSR count). The van der Waals surface area contributed by atoms with Crippen LogP contribution in [0, 0.1) is 6.92 Å². The minimum Gasteiger partial charge on any atom is -0.369 e. The molecule has 0 aliphatic carbocycles. The molecule has 11 heteroatoms. The van der Waals surface area contributed by atoms with E-state index in [2.05, 4.69) is 35.4 Å². The second kappa shape index (κ2) is 8.32. The van der Waals surface area contributed by atoms with Gasteiger partial charge in [0.2, 0.25) is 5.95 Å². The Morgan fingerprint density at radius 2 is 2.00 bits per heavy atom. The van der Waals surface area contributed by atoms with E-state index >= 15 is 0 Å². The van der Waals surface area contributed by atoms with Gasteiger partial charge in [0.15, 0.2) is 15.0 Å². The molecule has 4 heterocycles. The number of nitrogens with one attached hydrogen (secondary N) is 2. The lowest BCUT2D eigenvalue weighted by atomic mass is 10.1. The Morgan fingerprint density at radius 3 is 2.81 bits per heavy atom. The molecule has 0 amide bonds. The summed E-state index contributed by atoms with van der Waals surface area (Å²) in [5.41, 5.74) is 5.28. The van der Waals surface area contributed by atoms with Gasteiger partial charge < -0.3 is 10.2 Å². The van der Waals surface area contributed by atoms with Gasteiger partial charge in [-0.1, -0.05) is 12.1 Å². The van der Waals surface area contributed by atoms with E-state index in [1.165, 1.54) is 11.3 Å². The first-order valence-electron chi connectivity index (χ1n) is 10.1. The fourth-order valence-electron chi connectivity index (χ4n) is 3.59. The molecular weight excluding hydrogens is 446 g/mol. The summed E-state index contributed by atoms with van der Waals surface area (Å²) in [5.74, 6) is 0.878. The second-order valence-corrected chi connectivity index (χ2v) is 10.7. The molecule has 1 aliphatic rings. The average Bonchev–Trinajstić information content (AvgIpc) is 3.43. The first-order chi connectivity index (χ1) is 15.5. The van der Waals surface area contributed by atoms with Gasteiger partial charge in [-0.2, -0.15) is 5.10 Å². The van der Waals surface area contributed by atoms with Crippen molar-refractivity contribution in [3.05, 3.63) is 53.8 Å². The number of thiazole rings is 1. The Kier molecular flexibility index (Phi) is 5.35. The third kappa shape index (κ3) is 4.34. The number of aryl methyl sites for hydroxylation is 1. The van der Waals surface area contributed by atoms with Gasteiger partial charge in [-0.25, -0.2) is 23.4 Å². The number of rotatable bonds is 5. The second-order valence-electron chi connectivity index (χ2n) is 7.52. The molecule has 2 N–H and O–H groups in total. The summed E-state index contributed by atoms with van der Waals surface area (Å²) >= 11 is 1.47. The largest absolute Gasteiger partial charge is 0.369 e. The van der Waals surface area contributed by atoms with Crippen molar-refractivity contribution in [2.75, 3.05) is 34.8 Å². The summed E-state index contributed by atoms with van der Waals surface area (Å²) in [6.07, 6.45) is 3.54. The predicted octanol–water partition coefficient (Wildman–Crippen LogP) is 3.28. The Morgan fingerprint density at radius 1 is 1.16 bits per heavy atom. The van der Waals surface area contributed by atoms with E-state index in [9.17, 15) is 8.42 Å². The van der Waals surface area contributed by atoms with Crippen LogP contribution in [0.3, 0.4) is 0 Å². The zero-order valence-corrected chi connectivity index (χ0v) is 18.9. The predicted molar refractivity (Wildman–Crippen MR) is 126 cm³/mol. The molecule has 164 valence electrons. The highest BCUT2D eigenvalue weighted by Crippen LogP contribution is 2.34. The van der Waals surface area contributed by atoms with Crippen molar-refractivity contribution in [1.82, 2.24) is 25.1 Å². The number of aromatic nitrogens is 5. The minimum absolute atomic E-state index is 0.185. The lowest BCUT2D eigenvalue weighted by Gasteiger charge is -2.29. The SMILES string of the molecule is Cc1ccnc(Nc2nc(-c3c[nH]nc3-c3cccc(N4CCS(=O)(=O)CC4)c3)cs2)n1. The van der Waals surface area contributed by atoms with Gasteiger partial charge in [0.1, 0.15) is 5.69 Å². The van der Waals surface area contributed by atoms with Gasteiger partial charge in [-0.05, 0) is 25.1 Å². The standard InChI is InChI=1S/C21H21N7O2S2/c1-14-5-6-22-20(24-14)26-21-25-18(13-31-21)17-12-23-27-19(17)15-3-2-4-16(11-15)28-7-9-32(29,30)10-8-28/h2-6,11-13H,7-10H2,1H3,(H,23,27)(H,22,24,25,26). The molecule has 1 aromatic carbocycles. The molecular formula is C21H21N7O2S2. The molecule has 1 fully saturated rings. The highest BCUT2D eigenvalue weighted by atomic mass is 32.2. The van der Waals surface area contributed by atoms with Crippen molar-refractivity contribution in [2.24, 2.45) is 0 Å². The Hall–Kier alpha value is -3.31. The Labute approximate surface area is 189 Å². The number of nitrogens with zero attached hydrogens (tertiary/aromatic N) is 5. The average molecular weight is 468 g/mol. The molecule has 32 heavy (non-hydrogen) atoms. The number of H-pyrrole nitrogens is 1. The van der Waals surface area contributed by atoms with Crippen molar-refractivity contribution in [1.29, 1.82) is 0 Å². The van der Waals surface area contributed by atoms with Crippen molar-refractivity contribution >= 4 is 37.9 Å². The quantitative estimate of drug-likeness (QED) is 0.459. The summed E-state index contributed by atoms with van der Waals surface area (Å²) in [6, 6.07) is 9.85. The first kappa shape index (κ1) is 20.6. The van der Waals surface area contributed by atoms with Gasteiger partial charge in [0.05, 0.1) is 17.2 Å². The number of hydrogen-bond acceptors (Lipinski definition) is 9. The maximum atomic E-state index is 11.8. The molecule has 9 nitrogen and oxygen atoms in total. The van der Waals surface area contributed by atoms with Gasteiger partial charge in [-0.3, -0.25) is 5.10 Å². The number of hydrogen-bond donors (Lipinski definition) is 2. The summed E-state index contributed by atoms with van der Waals surface area (Å²) in [4.78, 5) is 15.4. The highest BCUT2D eigenvalue weighted by molar-refractivity contribution is 7.91. The molecule has 0 unspecified atom stereocenters. The summed E-state index contributed by atoms with van der Waals surface area (Å²) in [6.45, 7) is 2.91. The smallest absolute Gasteiger partial charge is 0.229 e. The van der Waals surface area contributed by atoms with Crippen LogP contribution >= 0.6 is 11.3 Å². The fourth-order valence-corrected chi connectivity index (χ4v) is 5.49. The van der Waals surface area contributed by atoms with Crippen molar-refractivity contribution in [3.63, 3.8) is 0 Å². The number of sulfone groups is 1. The number of aromatic amines is 1. The molecule has 1 saturated heterocycles. The topological polar surface area (TPSA) is 117 Å². The molecule has 0 radical (unpaired) electrons. The monoisotopic (exact) mass is 467 g/mol. The van der Waals surface area contributed by atoms with Gasteiger partial charge in [0.25, 0.3) is 0 Å². The fraction of sp³-hybridized carbons (Fsp3) is 0.238. The third-order valence-electron chi connectivity index (χ3n) is 5.26. The van der Waals surface area contributed by atoms with E-state index in [1.807, 2.05) is 48.8 Å². The van der Waals surface area contributed by atoms with Crippen molar-refractivity contribution in [3.8, 4) is 22.5 Å². The molecule has 1 aliphatic heterocycles. The summed E-state index contributed by atoms with van der Waals surface area (Å²) in [7, 11) is -2.92. The zero-order valence-electron chi connectivity index (χ0n) is 17.3. The van der Waals surface area contributed by atoms with Crippen LogP contribution in [-0.4, -0.2) is 58.2 Å².